The van der Waals surface area contributed by atoms with E-state index in [9.17, 15) is 9.59 Å². The molecule has 4 nitrogen and oxygen atoms in total. The molecule has 0 bridgehead atoms. The van der Waals surface area contributed by atoms with Crippen molar-refractivity contribution in [3.8, 4) is 0 Å². The van der Waals surface area contributed by atoms with E-state index in [0.29, 0.717) is 17.7 Å². The number of rotatable bonds is 3. The zero-order valence-corrected chi connectivity index (χ0v) is 13.9. The van der Waals surface area contributed by atoms with Gasteiger partial charge in [0.25, 0.3) is 5.91 Å². The fraction of sp³-hybridized carbons (Fsp3) is 0.294. The number of carboxylic acids is 1. The minimum Gasteiger partial charge on any atom is -0.481 e. The summed E-state index contributed by atoms with van der Waals surface area (Å²) in [5.74, 6) is -1.17. The summed E-state index contributed by atoms with van der Waals surface area (Å²) < 4.78 is 3.53. The average molecular weight is 345 g/mol. The Morgan fingerprint density at radius 1 is 1.13 bits per heavy atom. The van der Waals surface area contributed by atoms with Crippen molar-refractivity contribution in [3.63, 3.8) is 0 Å². The summed E-state index contributed by atoms with van der Waals surface area (Å²) >= 11 is 3.21. The number of aliphatic carboxylic acids is 1. The van der Waals surface area contributed by atoms with Gasteiger partial charge in [0.15, 0.2) is 0 Å². The molecule has 1 fully saturated rings. The van der Waals surface area contributed by atoms with Crippen molar-refractivity contribution < 1.29 is 14.7 Å². The van der Waals surface area contributed by atoms with Crippen molar-refractivity contribution in [2.75, 3.05) is 0 Å². The molecule has 2 N–H and O–H groups in total. The Morgan fingerprint density at radius 3 is 2.74 bits per heavy atom. The zero-order valence-electron chi connectivity index (χ0n) is 12.2. The second-order valence-corrected chi connectivity index (χ2v) is 8.06. The maximum atomic E-state index is 12.4. The van der Waals surface area contributed by atoms with Gasteiger partial charge in [-0.05, 0) is 31.4 Å². The van der Waals surface area contributed by atoms with Gasteiger partial charge in [0, 0.05) is 20.8 Å². The zero-order chi connectivity index (χ0) is 16.0. The Kier molecular flexibility index (Phi) is 3.58. The number of amides is 1. The van der Waals surface area contributed by atoms with Crippen molar-refractivity contribution in [1.29, 1.82) is 0 Å². The molecule has 0 saturated heterocycles. The normalized spacial score (nSPS) is 21.0. The van der Waals surface area contributed by atoms with E-state index in [4.69, 9.17) is 5.11 Å². The van der Waals surface area contributed by atoms with E-state index in [1.807, 2.05) is 18.2 Å². The van der Waals surface area contributed by atoms with Crippen LogP contribution in [0.4, 0.5) is 0 Å². The molecule has 23 heavy (non-hydrogen) atoms. The predicted molar refractivity (Wildman–Crippen MR) is 93.4 cm³/mol. The van der Waals surface area contributed by atoms with E-state index in [-0.39, 0.29) is 17.9 Å². The molecular weight excluding hydrogens is 330 g/mol. The van der Waals surface area contributed by atoms with Crippen LogP contribution >= 0.6 is 22.7 Å². The lowest BCUT2D eigenvalue weighted by Crippen LogP contribution is -2.32. The van der Waals surface area contributed by atoms with E-state index < -0.39 is 5.97 Å². The Balaban J connectivity index is 1.55. The molecule has 4 rings (SSSR count). The van der Waals surface area contributed by atoms with Crippen LogP contribution in [0, 0.1) is 5.92 Å². The molecule has 0 spiro atoms. The fourth-order valence-electron chi connectivity index (χ4n) is 3.20. The van der Waals surface area contributed by atoms with Gasteiger partial charge in [0.05, 0.1) is 15.5 Å². The average Bonchev–Trinajstić information content (AvgIpc) is 3.20. The molecule has 2 heterocycles. The van der Waals surface area contributed by atoms with Gasteiger partial charge in [-0.1, -0.05) is 18.2 Å². The molecule has 2 aromatic heterocycles. The molecule has 1 aliphatic carbocycles. The largest absolute Gasteiger partial charge is 0.481 e. The first-order chi connectivity index (χ1) is 11.1. The topological polar surface area (TPSA) is 66.4 Å². The third-order valence-corrected chi connectivity index (χ3v) is 6.80. The van der Waals surface area contributed by atoms with Gasteiger partial charge in [-0.3, -0.25) is 9.59 Å². The van der Waals surface area contributed by atoms with E-state index in [0.717, 1.165) is 15.8 Å². The van der Waals surface area contributed by atoms with Gasteiger partial charge >= 0.3 is 5.97 Å². The van der Waals surface area contributed by atoms with Gasteiger partial charge < -0.3 is 10.4 Å². The van der Waals surface area contributed by atoms with Crippen LogP contribution in [0.3, 0.4) is 0 Å². The predicted octanol–water partition coefficient (Wildman–Crippen LogP) is 4.10. The van der Waals surface area contributed by atoms with E-state index in [1.165, 1.54) is 21.4 Å². The monoisotopic (exact) mass is 345 g/mol. The van der Waals surface area contributed by atoms with Crippen LogP contribution in [0.15, 0.2) is 30.3 Å². The SMILES string of the molecule is O=C(N[C@H]1CC[C@@H](C(=O)O)C1)c1cc2sc3ccccc3c2s1. The van der Waals surface area contributed by atoms with E-state index >= 15 is 0 Å². The molecule has 1 aromatic carbocycles. The first-order valence-electron chi connectivity index (χ1n) is 7.56. The molecule has 1 aliphatic rings. The highest BCUT2D eigenvalue weighted by Crippen LogP contribution is 2.39. The number of carbonyl (C=O) groups is 2. The molecule has 1 amide bonds. The number of carbonyl (C=O) groups excluding carboxylic acids is 1. The highest BCUT2D eigenvalue weighted by molar-refractivity contribution is 7.33. The third kappa shape index (κ3) is 2.62. The van der Waals surface area contributed by atoms with Gasteiger partial charge in [-0.2, -0.15) is 0 Å². The van der Waals surface area contributed by atoms with Gasteiger partial charge in [-0.15, -0.1) is 22.7 Å². The second kappa shape index (κ2) is 5.62. The van der Waals surface area contributed by atoms with Crippen molar-refractivity contribution in [2.24, 2.45) is 5.92 Å². The summed E-state index contributed by atoms with van der Waals surface area (Å²) in [6, 6.07) is 10.1. The lowest BCUT2D eigenvalue weighted by atomic mass is 10.1. The summed E-state index contributed by atoms with van der Waals surface area (Å²) in [5.41, 5.74) is 0. The fourth-order valence-corrected chi connectivity index (χ4v) is 5.63. The molecule has 0 aliphatic heterocycles. The van der Waals surface area contributed by atoms with Crippen LogP contribution in [0.5, 0.6) is 0 Å². The van der Waals surface area contributed by atoms with Crippen LogP contribution in [0.2, 0.25) is 0 Å². The first-order valence-corrected chi connectivity index (χ1v) is 9.20. The molecule has 0 radical (unpaired) electrons. The van der Waals surface area contributed by atoms with Crippen molar-refractivity contribution in [1.82, 2.24) is 5.32 Å². The molecule has 118 valence electrons. The van der Waals surface area contributed by atoms with Gasteiger partial charge in [-0.25, -0.2) is 0 Å². The van der Waals surface area contributed by atoms with Crippen LogP contribution in [-0.4, -0.2) is 23.0 Å². The summed E-state index contributed by atoms with van der Waals surface area (Å²) in [7, 11) is 0. The van der Waals surface area contributed by atoms with E-state index in [2.05, 4.69) is 17.4 Å². The highest BCUT2D eigenvalue weighted by atomic mass is 32.1. The molecule has 2 atom stereocenters. The Labute approximate surface area is 140 Å². The summed E-state index contributed by atoms with van der Waals surface area (Å²) in [6.45, 7) is 0. The standard InChI is InChI=1S/C17H15NO3S2/c19-16(18-10-6-5-9(7-10)17(20)21)14-8-13-15(23-14)11-3-1-2-4-12(11)22-13/h1-4,8-10H,5-7H2,(H,18,19)(H,20,21)/t9-,10+/m1/s1. The maximum Gasteiger partial charge on any atom is 0.306 e. The summed E-state index contributed by atoms with van der Waals surface area (Å²) in [5, 5.41) is 13.2. The van der Waals surface area contributed by atoms with Crippen molar-refractivity contribution in [3.05, 3.63) is 35.2 Å². The Hall–Kier alpha value is -1.92. The third-order valence-electron chi connectivity index (χ3n) is 4.39. The molecular formula is C17H15NO3S2. The van der Waals surface area contributed by atoms with Crippen molar-refractivity contribution >= 4 is 54.0 Å². The summed E-state index contributed by atoms with van der Waals surface area (Å²) in [4.78, 5) is 24.1. The molecule has 3 aromatic rings. The van der Waals surface area contributed by atoms with Crippen LogP contribution in [-0.2, 0) is 4.79 Å². The number of fused-ring (bicyclic) bond motifs is 3. The summed E-state index contributed by atoms with van der Waals surface area (Å²) in [6.07, 6.45) is 1.92. The number of carboxylic acid groups (broad SMARTS) is 1. The highest BCUT2D eigenvalue weighted by Gasteiger charge is 2.31. The number of nitrogens with one attached hydrogen (secondary N) is 1. The van der Waals surface area contributed by atoms with Gasteiger partial charge in [0.2, 0.25) is 0 Å². The van der Waals surface area contributed by atoms with Crippen LogP contribution in [0.1, 0.15) is 28.9 Å². The molecule has 0 unspecified atom stereocenters. The number of thiophene rings is 2. The van der Waals surface area contributed by atoms with Gasteiger partial charge in [0.1, 0.15) is 0 Å². The second-order valence-electron chi connectivity index (χ2n) is 5.92. The number of hydrogen-bond donors (Lipinski definition) is 2. The lowest BCUT2D eigenvalue weighted by Gasteiger charge is -2.11. The quantitative estimate of drug-likeness (QED) is 0.751. The Bertz CT molecular complexity index is 911. The lowest BCUT2D eigenvalue weighted by molar-refractivity contribution is -0.141. The molecule has 1 saturated carbocycles. The van der Waals surface area contributed by atoms with Crippen LogP contribution < -0.4 is 5.32 Å². The minimum absolute atomic E-state index is 0.0273. The maximum absolute atomic E-state index is 12.4. The Morgan fingerprint density at radius 2 is 1.96 bits per heavy atom. The number of benzene rings is 1. The van der Waals surface area contributed by atoms with E-state index in [1.54, 1.807) is 11.3 Å². The minimum atomic E-state index is -0.759. The first kappa shape index (κ1) is 14.7. The van der Waals surface area contributed by atoms with Crippen molar-refractivity contribution in [2.45, 2.75) is 25.3 Å². The molecule has 6 heteroatoms. The number of hydrogen-bond acceptors (Lipinski definition) is 4. The smallest absolute Gasteiger partial charge is 0.306 e. The van der Waals surface area contributed by atoms with Crippen LogP contribution in [0.25, 0.3) is 19.5 Å².